The number of hydrogen-bond donors (Lipinski definition) is 1. The molecule has 0 aromatic heterocycles. The van der Waals surface area contributed by atoms with Crippen LogP contribution in [0.5, 0.6) is 0 Å². The summed E-state index contributed by atoms with van der Waals surface area (Å²) in [6.45, 7) is 6.46. The highest BCUT2D eigenvalue weighted by Crippen LogP contribution is 2.23. The molecule has 1 fully saturated rings. The summed E-state index contributed by atoms with van der Waals surface area (Å²) in [5, 5.41) is 2.70. The molecule has 0 radical (unpaired) electrons. The third-order valence-electron chi connectivity index (χ3n) is 3.43. The Hall–Kier alpha value is -0.770. The first-order chi connectivity index (χ1) is 7.65. The highest BCUT2D eigenvalue weighted by atomic mass is 16.5. The lowest BCUT2D eigenvalue weighted by molar-refractivity contribution is 0.170. The fraction of sp³-hybridized carbons (Fsp3) is 0.917. The molecule has 4 heteroatoms. The molecular formula is C12H24N2O2. The molecule has 0 saturated carbocycles. The van der Waals surface area contributed by atoms with Gasteiger partial charge in [-0.25, -0.2) is 4.79 Å². The van der Waals surface area contributed by atoms with Crippen molar-refractivity contribution in [3.8, 4) is 0 Å². The molecule has 0 spiro atoms. The van der Waals surface area contributed by atoms with Gasteiger partial charge in [0.1, 0.15) is 0 Å². The van der Waals surface area contributed by atoms with E-state index in [2.05, 4.69) is 28.8 Å². The minimum Gasteiger partial charge on any atom is -0.453 e. The van der Waals surface area contributed by atoms with Crippen LogP contribution in [0.4, 0.5) is 4.79 Å². The smallest absolute Gasteiger partial charge is 0.406 e. The average molecular weight is 228 g/mol. The van der Waals surface area contributed by atoms with E-state index in [0.717, 1.165) is 31.5 Å². The number of carbonyl (C=O) groups excluding carboxylic acids is 1. The molecule has 1 N–H and O–H groups in total. The number of carbonyl (C=O) groups is 1. The number of ether oxygens (including phenoxy) is 1. The van der Waals surface area contributed by atoms with Crippen LogP contribution in [-0.2, 0) is 4.74 Å². The van der Waals surface area contributed by atoms with Gasteiger partial charge >= 0.3 is 6.09 Å². The first-order valence-corrected chi connectivity index (χ1v) is 6.22. The fourth-order valence-corrected chi connectivity index (χ4v) is 2.37. The predicted octanol–water partition coefficient (Wildman–Crippen LogP) is 2.00. The molecule has 0 unspecified atom stereocenters. The number of rotatable bonds is 5. The van der Waals surface area contributed by atoms with Crippen molar-refractivity contribution in [1.29, 1.82) is 0 Å². The standard InChI is InChI=1S/C12H24N2O2/c1-10-6-7-11(2)14(10)9-5-4-8-13-12(15)16-3/h10-11H,4-9H2,1-3H3,(H,13,15)/t10-,11-/m1/s1. The van der Waals surface area contributed by atoms with Crippen LogP contribution in [0.1, 0.15) is 39.5 Å². The molecular weight excluding hydrogens is 204 g/mol. The summed E-state index contributed by atoms with van der Waals surface area (Å²) in [5.74, 6) is 0. The van der Waals surface area contributed by atoms with E-state index in [-0.39, 0.29) is 6.09 Å². The molecule has 0 bridgehead atoms. The van der Waals surface area contributed by atoms with E-state index < -0.39 is 0 Å². The maximum atomic E-state index is 10.8. The van der Waals surface area contributed by atoms with Gasteiger partial charge in [0.25, 0.3) is 0 Å². The summed E-state index contributed by atoms with van der Waals surface area (Å²) in [6, 6.07) is 1.45. The summed E-state index contributed by atoms with van der Waals surface area (Å²) in [5.41, 5.74) is 0. The number of hydrogen-bond acceptors (Lipinski definition) is 3. The lowest BCUT2D eigenvalue weighted by atomic mass is 10.2. The normalized spacial score (nSPS) is 25.7. The van der Waals surface area contributed by atoms with Crippen molar-refractivity contribution in [3.63, 3.8) is 0 Å². The average Bonchev–Trinajstić information content (AvgIpc) is 2.59. The van der Waals surface area contributed by atoms with Crippen LogP contribution in [0.15, 0.2) is 0 Å². The van der Waals surface area contributed by atoms with Crippen molar-refractivity contribution in [2.24, 2.45) is 0 Å². The topological polar surface area (TPSA) is 41.6 Å². The molecule has 1 aliphatic heterocycles. The summed E-state index contributed by atoms with van der Waals surface area (Å²) in [4.78, 5) is 13.4. The zero-order chi connectivity index (χ0) is 12.0. The van der Waals surface area contributed by atoms with Crippen molar-refractivity contribution in [3.05, 3.63) is 0 Å². The zero-order valence-corrected chi connectivity index (χ0v) is 10.7. The Morgan fingerprint density at radius 3 is 2.50 bits per heavy atom. The van der Waals surface area contributed by atoms with Gasteiger partial charge in [0.15, 0.2) is 0 Å². The maximum absolute atomic E-state index is 10.8. The Kier molecular flexibility index (Phi) is 5.60. The fourth-order valence-electron chi connectivity index (χ4n) is 2.37. The van der Waals surface area contributed by atoms with Gasteiger partial charge in [-0.2, -0.15) is 0 Å². The summed E-state index contributed by atoms with van der Waals surface area (Å²) >= 11 is 0. The Bertz CT molecular complexity index is 211. The van der Waals surface area contributed by atoms with Gasteiger partial charge in [-0.05, 0) is 46.1 Å². The van der Waals surface area contributed by atoms with Gasteiger partial charge in [0, 0.05) is 18.6 Å². The van der Waals surface area contributed by atoms with Gasteiger partial charge in [-0.1, -0.05) is 0 Å². The Balaban J connectivity index is 2.04. The van der Waals surface area contributed by atoms with Gasteiger partial charge in [0.2, 0.25) is 0 Å². The monoisotopic (exact) mass is 228 g/mol. The molecule has 16 heavy (non-hydrogen) atoms. The van der Waals surface area contributed by atoms with Crippen molar-refractivity contribution >= 4 is 6.09 Å². The summed E-state index contributed by atoms with van der Waals surface area (Å²) in [6.07, 6.45) is 4.47. The largest absolute Gasteiger partial charge is 0.453 e. The lowest BCUT2D eigenvalue weighted by Gasteiger charge is -2.25. The van der Waals surface area contributed by atoms with E-state index in [1.165, 1.54) is 20.0 Å². The van der Waals surface area contributed by atoms with E-state index in [0.29, 0.717) is 6.54 Å². The maximum Gasteiger partial charge on any atom is 0.406 e. The molecule has 1 heterocycles. The highest BCUT2D eigenvalue weighted by molar-refractivity contribution is 5.66. The molecule has 0 aliphatic carbocycles. The SMILES string of the molecule is COC(=O)NCCCCN1[C@H](C)CC[C@H]1C. The second kappa shape index (κ2) is 6.74. The Labute approximate surface area is 98.3 Å². The number of likely N-dealkylation sites (tertiary alicyclic amines) is 1. The number of amides is 1. The number of methoxy groups -OCH3 is 1. The highest BCUT2D eigenvalue weighted by Gasteiger charge is 2.26. The van der Waals surface area contributed by atoms with Crippen LogP contribution in [0.2, 0.25) is 0 Å². The van der Waals surface area contributed by atoms with Crippen molar-refractivity contribution in [2.75, 3.05) is 20.2 Å². The van der Waals surface area contributed by atoms with Gasteiger partial charge < -0.3 is 10.1 Å². The van der Waals surface area contributed by atoms with Crippen molar-refractivity contribution in [2.45, 2.75) is 51.6 Å². The number of nitrogens with one attached hydrogen (secondary N) is 1. The molecule has 1 amide bonds. The van der Waals surface area contributed by atoms with E-state index in [1.807, 2.05) is 0 Å². The van der Waals surface area contributed by atoms with Crippen LogP contribution >= 0.6 is 0 Å². The number of nitrogens with zero attached hydrogens (tertiary/aromatic N) is 1. The lowest BCUT2D eigenvalue weighted by Crippen LogP contribution is -2.34. The van der Waals surface area contributed by atoms with Crippen molar-refractivity contribution < 1.29 is 9.53 Å². The van der Waals surface area contributed by atoms with Crippen LogP contribution in [0.3, 0.4) is 0 Å². The minimum atomic E-state index is -0.331. The van der Waals surface area contributed by atoms with Gasteiger partial charge in [-0.3, -0.25) is 4.90 Å². The van der Waals surface area contributed by atoms with Crippen molar-refractivity contribution in [1.82, 2.24) is 10.2 Å². The predicted molar refractivity (Wildman–Crippen MR) is 64.5 cm³/mol. The molecule has 1 rings (SSSR count). The molecule has 0 aromatic carbocycles. The Morgan fingerprint density at radius 2 is 1.94 bits per heavy atom. The third-order valence-corrected chi connectivity index (χ3v) is 3.43. The van der Waals surface area contributed by atoms with Crippen LogP contribution in [-0.4, -0.2) is 43.3 Å². The minimum absolute atomic E-state index is 0.331. The quantitative estimate of drug-likeness (QED) is 0.732. The van der Waals surface area contributed by atoms with E-state index in [4.69, 9.17) is 0 Å². The summed E-state index contributed by atoms with van der Waals surface area (Å²) < 4.78 is 4.50. The molecule has 94 valence electrons. The second-order valence-electron chi connectivity index (χ2n) is 4.64. The first kappa shape index (κ1) is 13.3. The molecule has 1 saturated heterocycles. The zero-order valence-electron chi connectivity index (χ0n) is 10.7. The van der Waals surface area contributed by atoms with Crippen LogP contribution in [0.25, 0.3) is 0 Å². The van der Waals surface area contributed by atoms with Gasteiger partial charge in [-0.15, -0.1) is 0 Å². The van der Waals surface area contributed by atoms with Crippen LogP contribution < -0.4 is 5.32 Å². The van der Waals surface area contributed by atoms with Gasteiger partial charge in [0.05, 0.1) is 7.11 Å². The summed E-state index contributed by atoms with van der Waals surface area (Å²) in [7, 11) is 1.39. The first-order valence-electron chi connectivity index (χ1n) is 6.22. The number of unbranched alkanes of at least 4 members (excludes halogenated alkanes) is 1. The number of alkyl carbamates (subject to hydrolysis) is 1. The third kappa shape index (κ3) is 4.00. The molecule has 1 aliphatic rings. The molecule has 0 aromatic rings. The van der Waals surface area contributed by atoms with E-state index in [1.54, 1.807) is 0 Å². The molecule has 2 atom stereocenters. The second-order valence-corrected chi connectivity index (χ2v) is 4.64. The Morgan fingerprint density at radius 1 is 1.31 bits per heavy atom. The van der Waals surface area contributed by atoms with Crippen LogP contribution in [0, 0.1) is 0 Å². The van der Waals surface area contributed by atoms with E-state index in [9.17, 15) is 4.79 Å². The van der Waals surface area contributed by atoms with E-state index >= 15 is 0 Å². The molecule has 4 nitrogen and oxygen atoms in total.